The van der Waals surface area contributed by atoms with Crippen molar-refractivity contribution in [2.45, 2.75) is 13.3 Å². The van der Waals surface area contributed by atoms with Gasteiger partial charge < -0.3 is 14.8 Å². The van der Waals surface area contributed by atoms with Gasteiger partial charge in [-0.25, -0.2) is 0 Å². The molecule has 0 N–H and O–H groups in total. The maximum Gasteiger partial charge on any atom is 1.00 e. The number of hydrogen-bond donors (Lipinski definition) is 0. The van der Waals surface area contributed by atoms with Crippen LogP contribution in [0.5, 0.6) is 0 Å². The Bertz CT molecular complexity index is 1360. The van der Waals surface area contributed by atoms with Gasteiger partial charge >= 0.3 is 29.6 Å². The zero-order chi connectivity index (χ0) is 23.5. The standard InChI is InChI=1S/C26H23N3O3S.Na/c1-16-4-8-18(9-5-16)25(30)21(14-17-6-11-20(12-7-17)29(2)3)24(26(31)32)19-10-13-22-23(15-19)28-33-27-22;/h4-13,15H,14H2,1-3H3,(H,31,32);/q;+1/p-1/b24-21+;. The summed E-state index contributed by atoms with van der Waals surface area (Å²) in [6.45, 7) is 1.93. The number of ketones is 1. The van der Waals surface area contributed by atoms with Crippen LogP contribution in [0.4, 0.5) is 5.69 Å². The molecule has 0 saturated carbocycles. The molecular formula is C26H22N3NaO3S. The summed E-state index contributed by atoms with van der Waals surface area (Å²) in [6.07, 6.45) is 0.150. The Balaban J connectivity index is 0.00000324. The van der Waals surface area contributed by atoms with Crippen LogP contribution in [0.1, 0.15) is 27.0 Å². The molecule has 0 aliphatic heterocycles. The second-order valence-corrected chi connectivity index (χ2v) is 8.57. The maximum atomic E-state index is 13.6. The molecule has 0 radical (unpaired) electrons. The van der Waals surface area contributed by atoms with Gasteiger partial charge in [0.15, 0.2) is 5.78 Å². The molecule has 4 rings (SSSR count). The number of benzene rings is 3. The second kappa shape index (κ2) is 11.1. The van der Waals surface area contributed by atoms with Gasteiger partial charge in [0.1, 0.15) is 11.0 Å². The molecule has 0 fully saturated rings. The van der Waals surface area contributed by atoms with Crippen LogP contribution in [0.2, 0.25) is 0 Å². The summed E-state index contributed by atoms with van der Waals surface area (Å²) >= 11 is 1.05. The minimum atomic E-state index is -1.40. The third-order valence-corrected chi connectivity index (χ3v) is 6.03. The number of carboxylic acids is 1. The van der Waals surface area contributed by atoms with E-state index in [0.717, 1.165) is 28.5 Å². The van der Waals surface area contributed by atoms with Crippen molar-refractivity contribution in [3.05, 3.63) is 94.6 Å². The molecule has 0 spiro atoms. The van der Waals surface area contributed by atoms with Crippen molar-refractivity contribution >= 4 is 45.8 Å². The number of aromatic nitrogens is 2. The summed E-state index contributed by atoms with van der Waals surface area (Å²) in [7, 11) is 3.89. The second-order valence-electron chi connectivity index (χ2n) is 8.04. The van der Waals surface area contributed by atoms with Gasteiger partial charge in [-0.3, -0.25) is 4.79 Å². The summed E-state index contributed by atoms with van der Waals surface area (Å²) in [5.74, 6) is -1.75. The van der Waals surface area contributed by atoms with Crippen molar-refractivity contribution in [3.8, 4) is 0 Å². The number of Topliss-reactive ketones (excluding diaryl/α,β-unsaturated/α-hetero) is 1. The van der Waals surface area contributed by atoms with E-state index < -0.39 is 5.97 Å². The van der Waals surface area contributed by atoms with Crippen LogP contribution < -0.4 is 39.6 Å². The van der Waals surface area contributed by atoms with E-state index in [1.54, 1.807) is 30.3 Å². The molecular weight excluding hydrogens is 457 g/mol. The number of fused-ring (bicyclic) bond motifs is 1. The van der Waals surface area contributed by atoms with Crippen molar-refractivity contribution in [3.63, 3.8) is 0 Å². The smallest absolute Gasteiger partial charge is 0.545 e. The van der Waals surface area contributed by atoms with E-state index in [-0.39, 0.29) is 52.9 Å². The number of carbonyl (C=O) groups excluding carboxylic acids is 2. The van der Waals surface area contributed by atoms with Crippen molar-refractivity contribution < 1.29 is 44.3 Å². The van der Waals surface area contributed by atoms with Crippen molar-refractivity contribution in [2.24, 2.45) is 0 Å². The monoisotopic (exact) mass is 479 g/mol. The Morgan fingerprint density at radius 1 is 0.882 bits per heavy atom. The zero-order valence-electron chi connectivity index (χ0n) is 19.5. The van der Waals surface area contributed by atoms with Gasteiger partial charge in [-0.1, -0.05) is 48.0 Å². The Morgan fingerprint density at radius 3 is 2.12 bits per heavy atom. The molecule has 1 aromatic heterocycles. The van der Waals surface area contributed by atoms with E-state index in [0.29, 0.717) is 22.2 Å². The van der Waals surface area contributed by atoms with Crippen LogP contribution >= 0.6 is 11.7 Å². The quantitative estimate of drug-likeness (QED) is 0.220. The van der Waals surface area contributed by atoms with Crippen LogP contribution in [0, 0.1) is 6.92 Å². The van der Waals surface area contributed by atoms with Crippen LogP contribution in [0.25, 0.3) is 16.6 Å². The SMILES string of the molecule is Cc1ccc(C(=O)/C(Cc2ccc(N(C)C)cc2)=C(/C(=O)[O-])c2ccc3nsnc3c2)cc1.[Na+]. The first-order chi connectivity index (χ1) is 15.8. The Kier molecular flexibility index (Phi) is 8.38. The van der Waals surface area contributed by atoms with E-state index in [2.05, 4.69) is 8.75 Å². The van der Waals surface area contributed by atoms with Gasteiger partial charge in [0.2, 0.25) is 0 Å². The number of carbonyl (C=O) groups is 2. The molecule has 8 heteroatoms. The summed E-state index contributed by atoms with van der Waals surface area (Å²) < 4.78 is 8.38. The topological polar surface area (TPSA) is 86.2 Å². The fourth-order valence-electron chi connectivity index (χ4n) is 3.63. The molecule has 4 aromatic rings. The number of anilines is 1. The summed E-state index contributed by atoms with van der Waals surface area (Å²) in [5, 5.41) is 12.4. The summed E-state index contributed by atoms with van der Waals surface area (Å²) in [5.41, 5.74) is 4.93. The summed E-state index contributed by atoms with van der Waals surface area (Å²) in [4.78, 5) is 27.9. The molecule has 166 valence electrons. The van der Waals surface area contributed by atoms with Crippen LogP contribution in [-0.2, 0) is 11.2 Å². The van der Waals surface area contributed by atoms with E-state index in [9.17, 15) is 14.7 Å². The first-order valence-electron chi connectivity index (χ1n) is 10.4. The van der Waals surface area contributed by atoms with Gasteiger partial charge in [-0.05, 0) is 42.3 Å². The Morgan fingerprint density at radius 2 is 1.50 bits per heavy atom. The normalized spacial score (nSPS) is 11.5. The first kappa shape index (κ1) is 25.8. The third kappa shape index (κ3) is 5.62. The average molecular weight is 480 g/mol. The molecule has 6 nitrogen and oxygen atoms in total. The number of rotatable bonds is 7. The number of carboxylic acid groups (broad SMARTS) is 1. The fraction of sp³-hybridized carbons (Fsp3) is 0.154. The minimum Gasteiger partial charge on any atom is -0.545 e. The minimum absolute atomic E-state index is 0. The largest absolute Gasteiger partial charge is 1.00 e. The van der Waals surface area contributed by atoms with Gasteiger partial charge in [0, 0.05) is 42.9 Å². The van der Waals surface area contributed by atoms with Crippen molar-refractivity contribution in [2.75, 3.05) is 19.0 Å². The van der Waals surface area contributed by atoms with E-state index in [4.69, 9.17) is 0 Å². The molecule has 1 heterocycles. The molecule has 0 bridgehead atoms. The van der Waals surface area contributed by atoms with Gasteiger partial charge in [0.25, 0.3) is 0 Å². The molecule has 0 atom stereocenters. The maximum absolute atomic E-state index is 13.6. The molecule has 34 heavy (non-hydrogen) atoms. The number of nitrogens with zero attached hydrogens (tertiary/aromatic N) is 3. The van der Waals surface area contributed by atoms with E-state index in [1.165, 1.54) is 0 Å². The van der Waals surface area contributed by atoms with Gasteiger partial charge in [-0.15, -0.1) is 0 Å². The van der Waals surface area contributed by atoms with Crippen molar-refractivity contribution in [1.82, 2.24) is 8.75 Å². The number of hydrogen-bond acceptors (Lipinski definition) is 7. The van der Waals surface area contributed by atoms with E-state index >= 15 is 0 Å². The Hall–Kier alpha value is -2.84. The van der Waals surface area contributed by atoms with Gasteiger partial charge in [0.05, 0.1) is 17.7 Å². The van der Waals surface area contributed by atoms with Gasteiger partial charge in [-0.2, -0.15) is 8.75 Å². The van der Waals surface area contributed by atoms with E-state index in [1.807, 2.05) is 62.3 Å². The molecule has 0 saturated heterocycles. The number of aryl methyl sites for hydroxylation is 1. The predicted octanol–water partition coefficient (Wildman–Crippen LogP) is 0.699. The molecule has 0 amide bonds. The molecule has 3 aromatic carbocycles. The molecule has 0 unspecified atom stereocenters. The summed E-state index contributed by atoms with van der Waals surface area (Å²) in [6, 6.07) is 19.8. The Labute approximate surface area is 224 Å². The first-order valence-corrected chi connectivity index (χ1v) is 11.1. The average Bonchev–Trinajstić information content (AvgIpc) is 3.27. The van der Waals surface area contributed by atoms with Crippen LogP contribution in [0.3, 0.4) is 0 Å². The van der Waals surface area contributed by atoms with Crippen molar-refractivity contribution in [1.29, 1.82) is 0 Å². The zero-order valence-corrected chi connectivity index (χ0v) is 22.3. The van der Waals surface area contributed by atoms with Crippen LogP contribution in [-0.4, -0.2) is 34.6 Å². The fourth-order valence-corrected chi connectivity index (χ4v) is 4.15. The molecule has 0 aliphatic rings. The molecule has 0 aliphatic carbocycles. The van der Waals surface area contributed by atoms with Crippen LogP contribution in [0.15, 0.2) is 72.3 Å². The number of aliphatic carboxylic acids is 1. The third-order valence-electron chi connectivity index (χ3n) is 5.47. The number of allylic oxidation sites excluding steroid dienone is 1. The predicted molar refractivity (Wildman–Crippen MR) is 129 cm³/mol.